The molecule has 154 valence electrons. The molecule has 4 aromatic rings. The molecule has 0 amide bonds. The summed E-state index contributed by atoms with van der Waals surface area (Å²) in [5, 5.41) is 18.1. The highest BCUT2D eigenvalue weighted by Crippen LogP contribution is 2.36. The number of aliphatic hydroxyl groups is 1. The molecule has 1 fully saturated rings. The van der Waals surface area contributed by atoms with Crippen LogP contribution in [0.5, 0.6) is 0 Å². The van der Waals surface area contributed by atoms with Crippen LogP contribution in [-0.4, -0.2) is 36.8 Å². The number of terminal acetylenes is 1. The lowest BCUT2D eigenvalue weighted by Gasteiger charge is -2.33. The molecule has 2 atom stereocenters. The van der Waals surface area contributed by atoms with E-state index in [1.54, 1.807) is 4.52 Å². The molecule has 3 heterocycles. The summed E-state index contributed by atoms with van der Waals surface area (Å²) >= 11 is 0. The smallest absolute Gasteiger partial charge is 0.165 e. The van der Waals surface area contributed by atoms with Crippen molar-refractivity contribution in [2.75, 3.05) is 5.32 Å². The summed E-state index contributed by atoms with van der Waals surface area (Å²) in [6.07, 6.45) is 8.97. The van der Waals surface area contributed by atoms with Crippen LogP contribution >= 0.6 is 0 Å². The Bertz CT molecular complexity index is 1310. The second-order valence-corrected chi connectivity index (χ2v) is 8.06. The van der Waals surface area contributed by atoms with Crippen molar-refractivity contribution in [2.24, 2.45) is 0 Å². The maximum atomic E-state index is 9.95. The average Bonchev–Trinajstić information content (AvgIpc) is 3.14. The summed E-state index contributed by atoms with van der Waals surface area (Å²) in [6, 6.07) is 13.9. The predicted octanol–water partition coefficient (Wildman–Crippen LogP) is 3.99. The highest BCUT2D eigenvalue weighted by molar-refractivity contribution is 5.91. The van der Waals surface area contributed by atoms with E-state index in [1.165, 1.54) is 0 Å². The van der Waals surface area contributed by atoms with Crippen molar-refractivity contribution < 1.29 is 5.11 Å². The molecule has 6 nitrogen and oxygen atoms in total. The van der Waals surface area contributed by atoms with Crippen molar-refractivity contribution in [2.45, 2.75) is 38.8 Å². The van der Waals surface area contributed by atoms with Gasteiger partial charge in [0.2, 0.25) is 0 Å². The van der Waals surface area contributed by atoms with Gasteiger partial charge < -0.3 is 10.4 Å². The maximum Gasteiger partial charge on any atom is 0.165 e. The fourth-order valence-electron chi connectivity index (χ4n) is 4.05. The van der Waals surface area contributed by atoms with E-state index in [1.807, 2.05) is 50.4 Å². The van der Waals surface area contributed by atoms with Gasteiger partial charge in [0.25, 0.3) is 0 Å². The van der Waals surface area contributed by atoms with Gasteiger partial charge in [-0.25, -0.2) is 9.50 Å². The maximum absolute atomic E-state index is 9.95. The zero-order chi connectivity index (χ0) is 21.5. The zero-order valence-corrected chi connectivity index (χ0v) is 17.5. The van der Waals surface area contributed by atoms with E-state index in [0.717, 1.165) is 63.6 Å². The van der Waals surface area contributed by atoms with Crippen molar-refractivity contribution in [1.82, 2.24) is 19.6 Å². The summed E-state index contributed by atoms with van der Waals surface area (Å²) in [7, 11) is 0. The molecule has 31 heavy (non-hydrogen) atoms. The first-order valence-corrected chi connectivity index (χ1v) is 10.4. The van der Waals surface area contributed by atoms with Gasteiger partial charge in [-0.1, -0.05) is 18.1 Å². The molecule has 1 saturated carbocycles. The fraction of sp³-hybridized carbons (Fsp3) is 0.240. The van der Waals surface area contributed by atoms with Crippen LogP contribution in [0.2, 0.25) is 0 Å². The van der Waals surface area contributed by atoms with E-state index in [0.29, 0.717) is 0 Å². The summed E-state index contributed by atoms with van der Waals surface area (Å²) in [5.74, 6) is 3.43. The van der Waals surface area contributed by atoms with Gasteiger partial charge in [-0.05, 0) is 62.6 Å². The van der Waals surface area contributed by atoms with Gasteiger partial charge in [0.15, 0.2) is 5.65 Å². The Morgan fingerprint density at radius 2 is 1.87 bits per heavy atom. The van der Waals surface area contributed by atoms with Crippen LogP contribution in [0.1, 0.15) is 29.8 Å². The molecular weight excluding hydrogens is 386 g/mol. The Labute approximate surface area is 181 Å². The van der Waals surface area contributed by atoms with Crippen molar-refractivity contribution in [1.29, 1.82) is 0 Å². The van der Waals surface area contributed by atoms with E-state index in [-0.39, 0.29) is 12.1 Å². The summed E-state index contributed by atoms with van der Waals surface area (Å²) in [6.45, 7) is 3.97. The quantitative estimate of drug-likeness (QED) is 0.499. The Hall–Kier alpha value is -3.69. The molecule has 5 rings (SSSR count). The van der Waals surface area contributed by atoms with Crippen LogP contribution in [0.15, 0.2) is 48.7 Å². The van der Waals surface area contributed by atoms with E-state index in [9.17, 15) is 5.11 Å². The highest BCUT2D eigenvalue weighted by Gasteiger charge is 2.29. The number of fused-ring (bicyclic) bond motifs is 1. The first-order valence-electron chi connectivity index (χ1n) is 10.4. The number of aromatic nitrogens is 4. The zero-order valence-electron chi connectivity index (χ0n) is 17.5. The summed E-state index contributed by atoms with van der Waals surface area (Å²) < 4.78 is 1.79. The molecular formula is C25H23N5O. The number of hydrogen-bond acceptors (Lipinski definition) is 5. The predicted molar refractivity (Wildman–Crippen MR) is 122 cm³/mol. The first-order chi connectivity index (χ1) is 15.0. The molecule has 2 N–H and O–H groups in total. The van der Waals surface area contributed by atoms with E-state index in [4.69, 9.17) is 16.5 Å². The minimum Gasteiger partial charge on any atom is -0.391 e. The van der Waals surface area contributed by atoms with Gasteiger partial charge in [-0.3, -0.25) is 4.98 Å². The largest absolute Gasteiger partial charge is 0.391 e. The van der Waals surface area contributed by atoms with Gasteiger partial charge >= 0.3 is 0 Å². The number of benzene rings is 1. The molecule has 1 aromatic carbocycles. The minimum atomic E-state index is -0.324. The van der Waals surface area contributed by atoms with Crippen LogP contribution in [0, 0.1) is 26.2 Å². The Morgan fingerprint density at radius 1 is 1.06 bits per heavy atom. The Kier molecular flexibility index (Phi) is 4.68. The van der Waals surface area contributed by atoms with Gasteiger partial charge in [-0.2, -0.15) is 5.10 Å². The normalized spacial score (nSPS) is 17.9. The first kappa shape index (κ1) is 19.3. The molecule has 1 aliphatic carbocycles. The van der Waals surface area contributed by atoms with Gasteiger partial charge in [0.05, 0.1) is 17.7 Å². The standard InChI is InChI=1S/C25H23N5O/c1-4-17-6-5-7-18(14-17)24-23(19-12-15(2)26-16(3)13-19)25-28-22(10-11-30(25)29-24)27-20-8-9-21(20)31/h1,5-7,10-14,20-21,31H,8-9H2,2-3H3,(H,27,28). The van der Waals surface area contributed by atoms with Crippen molar-refractivity contribution in [3.63, 3.8) is 0 Å². The number of nitrogens with zero attached hydrogens (tertiary/aromatic N) is 4. The van der Waals surface area contributed by atoms with Crippen LogP contribution < -0.4 is 5.32 Å². The van der Waals surface area contributed by atoms with E-state index in [2.05, 4.69) is 28.4 Å². The number of pyridine rings is 1. The van der Waals surface area contributed by atoms with Crippen LogP contribution in [-0.2, 0) is 0 Å². The number of nitrogens with one attached hydrogen (secondary N) is 1. The molecule has 3 aromatic heterocycles. The fourth-order valence-corrected chi connectivity index (χ4v) is 4.05. The molecule has 1 aliphatic rings. The van der Waals surface area contributed by atoms with Crippen LogP contribution in [0.4, 0.5) is 5.82 Å². The minimum absolute atomic E-state index is 0.0403. The number of rotatable bonds is 4. The number of hydrogen-bond donors (Lipinski definition) is 2. The van der Waals surface area contributed by atoms with E-state index < -0.39 is 0 Å². The molecule has 6 heteroatoms. The molecule has 2 unspecified atom stereocenters. The van der Waals surface area contributed by atoms with Gasteiger partial charge in [0.1, 0.15) is 11.5 Å². The summed E-state index contributed by atoms with van der Waals surface area (Å²) in [4.78, 5) is 9.40. The number of anilines is 1. The lowest BCUT2D eigenvalue weighted by atomic mass is 9.89. The number of aryl methyl sites for hydroxylation is 2. The van der Waals surface area contributed by atoms with Gasteiger partial charge in [-0.15, -0.1) is 6.42 Å². The van der Waals surface area contributed by atoms with Crippen LogP contribution in [0.25, 0.3) is 28.0 Å². The molecule has 0 bridgehead atoms. The number of aliphatic hydroxyl groups excluding tert-OH is 1. The lowest BCUT2D eigenvalue weighted by Crippen LogP contribution is -2.42. The third-order valence-corrected chi connectivity index (χ3v) is 5.73. The second-order valence-electron chi connectivity index (χ2n) is 8.06. The molecule has 0 radical (unpaired) electrons. The molecule has 0 aliphatic heterocycles. The third-order valence-electron chi connectivity index (χ3n) is 5.73. The molecule has 0 spiro atoms. The topological polar surface area (TPSA) is 75.3 Å². The summed E-state index contributed by atoms with van der Waals surface area (Å²) in [5.41, 5.74) is 7.10. The SMILES string of the molecule is C#Cc1cccc(-c2nn3ccc(NC4CCC4O)nc3c2-c2cc(C)nc(C)c2)c1. The average molecular weight is 409 g/mol. The van der Waals surface area contributed by atoms with Crippen molar-refractivity contribution in [3.8, 4) is 34.7 Å². The highest BCUT2D eigenvalue weighted by atomic mass is 16.3. The molecule has 0 saturated heterocycles. The van der Waals surface area contributed by atoms with Gasteiger partial charge in [0, 0.05) is 28.7 Å². The van der Waals surface area contributed by atoms with Crippen molar-refractivity contribution in [3.05, 3.63) is 65.6 Å². The monoisotopic (exact) mass is 409 g/mol. The Morgan fingerprint density at radius 3 is 2.55 bits per heavy atom. The second kappa shape index (κ2) is 7.53. The van der Waals surface area contributed by atoms with Crippen LogP contribution in [0.3, 0.4) is 0 Å². The third kappa shape index (κ3) is 3.54. The van der Waals surface area contributed by atoms with E-state index >= 15 is 0 Å². The van der Waals surface area contributed by atoms with Crippen molar-refractivity contribution >= 4 is 11.5 Å². The lowest BCUT2D eigenvalue weighted by molar-refractivity contribution is 0.0784. The Balaban J connectivity index is 1.72.